The van der Waals surface area contributed by atoms with Crippen molar-refractivity contribution >= 4 is 15.8 Å². The summed E-state index contributed by atoms with van der Waals surface area (Å²) in [5, 5.41) is 12.2. The first kappa shape index (κ1) is 15.0. The van der Waals surface area contributed by atoms with Gasteiger partial charge in [-0.3, -0.25) is 4.28 Å². The molecule has 2 rings (SSSR count). The van der Waals surface area contributed by atoms with Crippen molar-refractivity contribution in [1.82, 2.24) is 0 Å². The van der Waals surface area contributed by atoms with Gasteiger partial charge in [0.15, 0.2) is 0 Å². The summed E-state index contributed by atoms with van der Waals surface area (Å²) in [6.07, 6.45) is 6.00. The predicted octanol–water partition coefficient (Wildman–Crippen LogP) is 2.69. The Labute approximate surface area is 124 Å². The van der Waals surface area contributed by atoms with Gasteiger partial charge in [-0.1, -0.05) is 47.6 Å². The van der Waals surface area contributed by atoms with E-state index in [0.717, 1.165) is 5.57 Å². The molecule has 21 heavy (non-hydrogen) atoms. The quantitative estimate of drug-likeness (QED) is 0.783. The van der Waals surface area contributed by atoms with E-state index >= 15 is 0 Å². The number of nitriles is 1. The second-order valence-corrected chi connectivity index (χ2v) is 6.05. The van der Waals surface area contributed by atoms with Gasteiger partial charge in [0.25, 0.3) is 0 Å². The zero-order chi connectivity index (χ0) is 15.1. The van der Waals surface area contributed by atoms with Gasteiger partial charge in [0, 0.05) is 6.42 Å². The molecular weight excluding hydrogens is 288 g/mol. The first-order valence-electron chi connectivity index (χ1n) is 6.35. The highest BCUT2D eigenvalue weighted by Gasteiger charge is 2.13. The number of oxime groups is 1. The van der Waals surface area contributed by atoms with E-state index in [1.165, 1.54) is 0 Å². The summed E-state index contributed by atoms with van der Waals surface area (Å²) in [5.74, 6) is -0.218. The van der Waals surface area contributed by atoms with Gasteiger partial charge in [-0.2, -0.15) is 13.7 Å². The number of hydrogen-bond donors (Lipinski definition) is 0. The highest BCUT2D eigenvalue weighted by Crippen LogP contribution is 2.13. The first-order chi connectivity index (χ1) is 10.1. The summed E-state index contributed by atoms with van der Waals surface area (Å²) in [4.78, 5) is 0. The van der Waals surface area contributed by atoms with Crippen molar-refractivity contribution in [2.24, 2.45) is 5.16 Å². The van der Waals surface area contributed by atoms with Gasteiger partial charge < -0.3 is 0 Å². The third-order valence-electron chi connectivity index (χ3n) is 2.80. The molecule has 0 amide bonds. The van der Waals surface area contributed by atoms with Gasteiger partial charge in [-0.05, 0) is 17.2 Å². The predicted molar refractivity (Wildman–Crippen MR) is 79.7 cm³/mol. The third kappa shape index (κ3) is 4.89. The molecule has 0 aliphatic heterocycles. The molecule has 0 saturated carbocycles. The van der Waals surface area contributed by atoms with E-state index in [2.05, 4.69) is 9.44 Å². The third-order valence-corrected chi connectivity index (χ3v) is 3.79. The molecule has 1 aliphatic rings. The van der Waals surface area contributed by atoms with Crippen LogP contribution in [0, 0.1) is 11.3 Å². The summed E-state index contributed by atoms with van der Waals surface area (Å²) >= 11 is 0. The molecule has 0 aromatic heterocycles. The first-order valence-corrected chi connectivity index (χ1v) is 7.93. The maximum Gasteiger partial charge on any atom is 0.332 e. The Hall–Kier alpha value is -2.39. The summed E-state index contributed by atoms with van der Waals surface area (Å²) in [6, 6.07) is 10.8. The lowest BCUT2D eigenvalue weighted by atomic mass is 10.0. The molecule has 0 unspecified atom stereocenters. The molecule has 0 saturated heterocycles. The Morgan fingerprint density at radius 3 is 2.62 bits per heavy atom. The number of hydrogen-bond acceptors (Lipinski definition) is 5. The monoisotopic (exact) mass is 302 g/mol. The van der Waals surface area contributed by atoms with Crippen LogP contribution >= 0.6 is 0 Å². The van der Waals surface area contributed by atoms with E-state index in [-0.39, 0.29) is 5.75 Å². The molecule has 0 atom stereocenters. The molecule has 0 fully saturated rings. The minimum atomic E-state index is -3.75. The molecule has 0 N–H and O–H groups in total. The van der Waals surface area contributed by atoms with Crippen molar-refractivity contribution in [3.63, 3.8) is 0 Å². The molecule has 108 valence electrons. The smallest absolute Gasteiger partial charge is 0.268 e. The van der Waals surface area contributed by atoms with Crippen molar-refractivity contribution in [1.29, 1.82) is 5.26 Å². The van der Waals surface area contributed by atoms with E-state index in [0.29, 0.717) is 24.1 Å². The molecule has 0 spiro atoms. The average molecular weight is 302 g/mol. The molecule has 0 bridgehead atoms. The fourth-order valence-electron chi connectivity index (χ4n) is 1.77. The molecule has 1 aromatic carbocycles. The molecule has 5 nitrogen and oxygen atoms in total. The zero-order valence-electron chi connectivity index (χ0n) is 11.3. The van der Waals surface area contributed by atoms with Crippen LogP contribution in [0.15, 0.2) is 59.3 Å². The number of nitrogens with zero attached hydrogens (tertiary/aromatic N) is 2. The Morgan fingerprint density at radius 2 is 2.00 bits per heavy atom. The van der Waals surface area contributed by atoms with Gasteiger partial charge in [0.1, 0.15) is 5.75 Å². The lowest BCUT2D eigenvalue weighted by Crippen LogP contribution is -2.08. The highest BCUT2D eigenvalue weighted by molar-refractivity contribution is 7.85. The largest absolute Gasteiger partial charge is 0.332 e. The second-order valence-electron chi connectivity index (χ2n) is 4.50. The van der Waals surface area contributed by atoms with Crippen LogP contribution in [0.3, 0.4) is 0 Å². The van der Waals surface area contributed by atoms with E-state index in [9.17, 15) is 8.42 Å². The van der Waals surface area contributed by atoms with E-state index in [1.54, 1.807) is 36.4 Å². The average Bonchev–Trinajstić information content (AvgIpc) is 2.48. The van der Waals surface area contributed by atoms with Gasteiger partial charge in [0.05, 0.1) is 18.2 Å². The normalized spacial score (nSPS) is 16.3. The molecular formula is C15H14N2O3S. The van der Waals surface area contributed by atoms with E-state index < -0.39 is 10.1 Å². The SMILES string of the molecule is N#CCC1=CCC(=NOS(=O)(=O)Cc2ccccc2)C=C1. The molecule has 6 heteroatoms. The maximum absolute atomic E-state index is 11.8. The lowest BCUT2D eigenvalue weighted by Gasteiger charge is -2.06. The van der Waals surface area contributed by atoms with Crippen LogP contribution in [-0.4, -0.2) is 14.1 Å². The summed E-state index contributed by atoms with van der Waals surface area (Å²) in [5.41, 5.74) is 2.05. The molecule has 1 aliphatic carbocycles. The van der Waals surface area contributed by atoms with E-state index in [4.69, 9.17) is 5.26 Å². The van der Waals surface area contributed by atoms with Crippen molar-refractivity contribution in [2.75, 3.05) is 0 Å². The second kappa shape index (κ2) is 6.86. The highest BCUT2D eigenvalue weighted by atomic mass is 32.2. The number of benzene rings is 1. The van der Waals surface area contributed by atoms with Crippen LogP contribution in [0.2, 0.25) is 0 Å². The van der Waals surface area contributed by atoms with Crippen molar-refractivity contribution in [2.45, 2.75) is 18.6 Å². The fourth-order valence-corrected chi connectivity index (χ4v) is 2.64. The minimum Gasteiger partial charge on any atom is -0.268 e. The van der Waals surface area contributed by atoms with Gasteiger partial charge in [-0.25, -0.2) is 0 Å². The minimum absolute atomic E-state index is 0.218. The van der Waals surface area contributed by atoms with Gasteiger partial charge in [-0.15, -0.1) is 0 Å². The van der Waals surface area contributed by atoms with Crippen LogP contribution < -0.4 is 0 Å². The Morgan fingerprint density at radius 1 is 1.24 bits per heavy atom. The van der Waals surface area contributed by atoms with Crippen LogP contribution in [0.25, 0.3) is 0 Å². The van der Waals surface area contributed by atoms with Crippen LogP contribution in [0.5, 0.6) is 0 Å². The van der Waals surface area contributed by atoms with Gasteiger partial charge in [0.2, 0.25) is 0 Å². The number of rotatable bonds is 5. The summed E-state index contributed by atoms with van der Waals surface area (Å²) in [7, 11) is -3.75. The van der Waals surface area contributed by atoms with Crippen molar-refractivity contribution < 1.29 is 12.7 Å². The van der Waals surface area contributed by atoms with Crippen molar-refractivity contribution in [3.8, 4) is 6.07 Å². The zero-order valence-corrected chi connectivity index (χ0v) is 12.1. The van der Waals surface area contributed by atoms with Crippen LogP contribution in [0.4, 0.5) is 0 Å². The molecule has 0 radical (unpaired) electrons. The Kier molecular flexibility index (Phi) is 4.90. The topological polar surface area (TPSA) is 79.5 Å². The van der Waals surface area contributed by atoms with Crippen molar-refractivity contribution in [3.05, 3.63) is 59.7 Å². The fraction of sp³-hybridized carbons (Fsp3) is 0.200. The van der Waals surface area contributed by atoms with E-state index in [1.807, 2.05) is 18.2 Å². The molecule has 1 aromatic rings. The van der Waals surface area contributed by atoms with Crippen LogP contribution in [0.1, 0.15) is 18.4 Å². The Balaban J connectivity index is 1.95. The molecule has 0 heterocycles. The standard InChI is InChI=1S/C15H14N2O3S/c16-11-10-13-6-8-15(9-7-13)17-20-21(18,19)12-14-4-2-1-3-5-14/h1-8H,9-10,12H2. The summed E-state index contributed by atoms with van der Waals surface area (Å²) < 4.78 is 28.3. The number of allylic oxidation sites excluding steroid dienone is 4. The summed E-state index contributed by atoms with van der Waals surface area (Å²) in [6.45, 7) is 0. The Bertz CT molecular complexity index is 726. The lowest BCUT2D eigenvalue weighted by molar-refractivity contribution is 0.338. The van der Waals surface area contributed by atoms with Gasteiger partial charge >= 0.3 is 10.1 Å². The maximum atomic E-state index is 11.8. The van der Waals surface area contributed by atoms with Crippen LogP contribution in [-0.2, 0) is 20.2 Å².